The molecule has 0 bridgehead atoms. The minimum Gasteiger partial charge on any atom is -0.460 e. The lowest BCUT2D eigenvalue weighted by Gasteiger charge is -2.19. The van der Waals surface area contributed by atoms with Gasteiger partial charge in [-0.05, 0) is 13.8 Å². The molecular formula is C20H30O9. The summed E-state index contributed by atoms with van der Waals surface area (Å²) in [5.41, 5.74) is 0.651. The summed E-state index contributed by atoms with van der Waals surface area (Å²) < 4.78 is 25.6. The predicted octanol–water partition coefficient (Wildman–Crippen LogP) is 1.11. The standard InChI is InChI=1S/C20H30O9/c1-14(2)18(22)28-11-9-25-8-10-26-17(13-29-19(23)15(3)4)12-16(5)20(24)27-7-6-21/h17,21H,1,3,5-13H2,2,4H3. The van der Waals surface area contributed by atoms with Crippen LogP contribution in [0.5, 0.6) is 0 Å². The van der Waals surface area contributed by atoms with E-state index in [1.807, 2.05) is 0 Å². The Hall–Kier alpha value is -2.49. The van der Waals surface area contributed by atoms with Gasteiger partial charge >= 0.3 is 17.9 Å². The molecule has 0 amide bonds. The van der Waals surface area contributed by atoms with Crippen molar-refractivity contribution in [3.63, 3.8) is 0 Å². The largest absolute Gasteiger partial charge is 0.460 e. The molecule has 9 heteroatoms. The molecule has 9 nitrogen and oxygen atoms in total. The third-order valence-corrected chi connectivity index (χ3v) is 3.23. The van der Waals surface area contributed by atoms with Crippen LogP contribution in [-0.4, -0.2) is 75.4 Å². The molecule has 0 saturated heterocycles. The second-order valence-corrected chi connectivity index (χ2v) is 6.07. The summed E-state index contributed by atoms with van der Waals surface area (Å²) in [4.78, 5) is 34.5. The van der Waals surface area contributed by atoms with Crippen LogP contribution >= 0.6 is 0 Å². The fourth-order valence-electron chi connectivity index (χ4n) is 1.75. The van der Waals surface area contributed by atoms with Crippen molar-refractivity contribution in [2.24, 2.45) is 0 Å². The number of hydrogen-bond acceptors (Lipinski definition) is 9. The molecule has 0 aromatic heterocycles. The van der Waals surface area contributed by atoms with Gasteiger partial charge < -0.3 is 28.8 Å². The van der Waals surface area contributed by atoms with Crippen LogP contribution in [-0.2, 0) is 38.1 Å². The highest BCUT2D eigenvalue weighted by molar-refractivity contribution is 5.88. The number of carbonyl (C=O) groups is 3. The van der Waals surface area contributed by atoms with E-state index in [0.29, 0.717) is 5.57 Å². The molecule has 0 radical (unpaired) electrons. The summed E-state index contributed by atoms with van der Waals surface area (Å²) in [5, 5.41) is 8.70. The Morgan fingerprint density at radius 3 is 1.93 bits per heavy atom. The normalized spacial score (nSPS) is 11.3. The molecular weight excluding hydrogens is 384 g/mol. The number of rotatable bonds is 16. The Bertz CT molecular complexity index is 595. The lowest BCUT2D eigenvalue weighted by molar-refractivity contribution is -0.145. The molecule has 164 valence electrons. The van der Waals surface area contributed by atoms with E-state index in [0.717, 1.165) is 0 Å². The van der Waals surface area contributed by atoms with Crippen molar-refractivity contribution in [1.29, 1.82) is 0 Å². The Labute approximate surface area is 170 Å². The van der Waals surface area contributed by atoms with Gasteiger partial charge in [0.15, 0.2) is 0 Å². The van der Waals surface area contributed by atoms with Gasteiger partial charge in [0.2, 0.25) is 0 Å². The van der Waals surface area contributed by atoms with Crippen molar-refractivity contribution in [3.05, 3.63) is 36.5 Å². The maximum Gasteiger partial charge on any atom is 0.333 e. The lowest BCUT2D eigenvalue weighted by Crippen LogP contribution is -2.26. The van der Waals surface area contributed by atoms with E-state index < -0.39 is 24.0 Å². The first-order chi connectivity index (χ1) is 13.7. The van der Waals surface area contributed by atoms with Gasteiger partial charge in [-0.15, -0.1) is 0 Å². The van der Waals surface area contributed by atoms with Crippen LogP contribution in [0.4, 0.5) is 0 Å². The van der Waals surface area contributed by atoms with Gasteiger partial charge in [-0.3, -0.25) is 0 Å². The Kier molecular flexibility index (Phi) is 14.1. The maximum atomic E-state index is 11.8. The third-order valence-electron chi connectivity index (χ3n) is 3.23. The van der Waals surface area contributed by atoms with Crippen molar-refractivity contribution in [3.8, 4) is 0 Å². The Morgan fingerprint density at radius 2 is 1.34 bits per heavy atom. The Morgan fingerprint density at radius 1 is 0.793 bits per heavy atom. The van der Waals surface area contributed by atoms with E-state index in [1.54, 1.807) is 6.92 Å². The highest BCUT2D eigenvalue weighted by Gasteiger charge is 2.19. The van der Waals surface area contributed by atoms with Crippen LogP contribution in [0.1, 0.15) is 20.3 Å². The molecule has 0 aliphatic heterocycles. The number of carbonyl (C=O) groups excluding carboxylic acids is 3. The summed E-state index contributed by atoms with van der Waals surface area (Å²) in [6.07, 6.45) is -0.596. The van der Waals surface area contributed by atoms with Crippen molar-refractivity contribution < 1.29 is 43.2 Å². The molecule has 0 heterocycles. The Balaban J connectivity index is 4.36. The maximum absolute atomic E-state index is 11.8. The zero-order valence-electron chi connectivity index (χ0n) is 17.1. The number of esters is 3. The summed E-state index contributed by atoms with van der Waals surface area (Å²) in [7, 11) is 0. The fraction of sp³-hybridized carbons (Fsp3) is 0.550. The van der Waals surface area contributed by atoms with Gasteiger partial charge in [0.25, 0.3) is 0 Å². The van der Waals surface area contributed by atoms with Crippen LogP contribution in [0.15, 0.2) is 36.5 Å². The first-order valence-corrected chi connectivity index (χ1v) is 8.99. The van der Waals surface area contributed by atoms with E-state index in [2.05, 4.69) is 19.7 Å². The van der Waals surface area contributed by atoms with E-state index in [9.17, 15) is 14.4 Å². The molecule has 0 aliphatic rings. The smallest absolute Gasteiger partial charge is 0.333 e. The van der Waals surface area contributed by atoms with E-state index >= 15 is 0 Å². The van der Waals surface area contributed by atoms with Crippen molar-refractivity contribution in [2.75, 3.05) is 46.2 Å². The predicted molar refractivity (Wildman–Crippen MR) is 104 cm³/mol. The van der Waals surface area contributed by atoms with Gasteiger partial charge in [0.05, 0.1) is 32.5 Å². The first-order valence-electron chi connectivity index (χ1n) is 8.99. The molecule has 0 rings (SSSR count). The highest BCUT2D eigenvalue weighted by Crippen LogP contribution is 2.11. The number of aliphatic hydroxyl groups is 1. The minimum absolute atomic E-state index is 0.0595. The molecule has 0 aliphatic carbocycles. The summed E-state index contributed by atoms with van der Waals surface area (Å²) >= 11 is 0. The molecule has 0 spiro atoms. The van der Waals surface area contributed by atoms with Gasteiger partial charge in [0, 0.05) is 23.1 Å². The summed E-state index contributed by atoms with van der Waals surface area (Å²) in [5.74, 6) is -1.74. The van der Waals surface area contributed by atoms with E-state index in [1.165, 1.54) is 6.92 Å². The zero-order chi connectivity index (χ0) is 22.2. The first kappa shape index (κ1) is 26.5. The number of hydrogen-bond donors (Lipinski definition) is 1. The molecule has 1 atom stereocenters. The molecule has 0 fully saturated rings. The highest BCUT2D eigenvalue weighted by atomic mass is 16.6. The van der Waals surface area contributed by atoms with Crippen LogP contribution < -0.4 is 0 Å². The molecule has 29 heavy (non-hydrogen) atoms. The fourth-order valence-corrected chi connectivity index (χ4v) is 1.75. The van der Waals surface area contributed by atoms with Gasteiger partial charge in [0.1, 0.15) is 19.8 Å². The molecule has 1 unspecified atom stereocenters. The minimum atomic E-state index is -0.672. The lowest BCUT2D eigenvalue weighted by atomic mass is 10.1. The molecule has 1 N–H and O–H groups in total. The molecule has 0 saturated carbocycles. The quantitative estimate of drug-likeness (QED) is 0.171. The number of ether oxygens (including phenoxy) is 5. The summed E-state index contributed by atoms with van der Waals surface area (Å²) in [6.45, 7) is 13.7. The average Bonchev–Trinajstić information content (AvgIpc) is 2.68. The van der Waals surface area contributed by atoms with Crippen LogP contribution in [0.25, 0.3) is 0 Å². The zero-order valence-corrected chi connectivity index (χ0v) is 17.1. The van der Waals surface area contributed by atoms with Gasteiger partial charge in [-0.2, -0.15) is 0 Å². The van der Waals surface area contributed by atoms with Crippen molar-refractivity contribution in [1.82, 2.24) is 0 Å². The van der Waals surface area contributed by atoms with Crippen LogP contribution in [0, 0.1) is 0 Å². The van der Waals surface area contributed by atoms with Gasteiger partial charge in [-0.25, -0.2) is 14.4 Å². The molecule has 0 aromatic rings. The second kappa shape index (κ2) is 15.4. The van der Waals surface area contributed by atoms with E-state index in [-0.39, 0.29) is 63.8 Å². The van der Waals surface area contributed by atoms with Crippen LogP contribution in [0.3, 0.4) is 0 Å². The third kappa shape index (κ3) is 13.3. The van der Waals surface area contributed by atoms with Gasteiger partial charge in [-0.1, -0.05) is 19.7 Å². The second-order valence-electron chi connectivity index (χ2n) is 6.07. The van der Waals surface area contributed by atoms with Crippen molar-refractivity contribution in [2.45, 2.75) is 26.4 Å². The van der Waals surface area contributed by atoms with Crippen molar-refractivity contribution >= 4 is 17.9 Å². The molecule has 0 aromatic carbocycles. The SMILES string of the molecule is C=C(C)C(=O)OCCOCCOC(COC(=O)C(=C)C)CC(=C)C(=O)OCCO. The van der Waals surface area contributed by atoms with E-state index in [4.69, 9.17) is 28.8 Å². The topological polar surface area (TPSA) is 118 Å². The average molecular weight is 414 g/mol. The summed E-state index contributed by atoms with van der Waals surface area (Å²) in [6, 6.07) is 0. The van der Waals surface area contributed by atoms with Crippen LogP contribution in [0.2, 0.25) is 0 Å². The number of aliphatic hydroxyl groups excluding tert-OH is 1. The monoisotopic (exact) mass is 414 g/mol.